The van der Waals surface area contributed by atoms with Gasteiger partial charge in [0.25, 0.3) is 11.8 Å². The van der Waals surface area contributed by atoms with Crippen molar-refractivity contribution < 1.29 is 23.9 Å². The third-order valence-electron chi connectivity index (χ3n) is 4.74. The molecule has 7 heteroatoms. The van der Waals surface area contributed by atoms with Gasteiger partial charge in [-0.2, -0.15) is 0 Å². The quantitative estimate of drug-likeness (QED) is 0.837. The van der Waals surface area contributed by atoms with Crippen molar-refractivity contribution in [3.05, 3.63) is 58.7 Å². The van der Waals surface area contributed by atoms with E-state index < -0.39 is 23.8 Å². The molecule has 7 nitrogen and oxygen atoms in total. The predicted octanol–water partition coefficient (Wildman–Crippen LogP) is 2.02. The van der Waals surface area contributed by atoms with Crippen LogP contribution in [0.3, 0.4) is 0 Å². The molecule has 2 aliphatic rings. The van der Waals surface area contributed by atoms with E-state index in [1.54, 1.807) is 37.3 Å². The Morgan fingerprint density at radius 3 is 2.63 bits per heavy atom. The first-order valence-corrected chi connectivity index (χ1v) is 8.60. The van der Waals surface area contributed by atoms with Gasteiger partial charge in [0.1, 0.15) is 6.04 Å². The van der Waals surface area contributed by atoms with Gasteiger partial charge in [-0.25, -0.2) is 0 Å². The fourth-order valence-corrected chi connectivity index (χ4v) is 3.23. The summed E-state index contributed by atoms with van der Waals surface area (Å²) in [6.07, 6.45) is 0. The van der Waals surface area contributed by atoms with Gasteiger partial charge in [0.05, 0.1) is 11.1 Å². The SMILES string of the molecule is Cc1ccc2c(c1)C(=O)N([C@H](C)C(=O)NCc1ccc3c(c1)OCO3)C2=O. The lowest BCUT2D eigenvalue weighted by Crippen LogP contribution is -2.47. The minimum absolute atomic E-state index is 0.182. The largest absolute Gasteiger partial charge is 0.454 e. The summed E-state index contributed by atoms with van der Waals surface area (Å²) in [4.78, 5) is 38.7. The Morgan fingerprint density at radius 1 is 1.07 bits per heavy atom. The van der Waals surface area contributed by atoms with Crippen molar-refractivity contribution >= 4 is 17.7 Å². The molecule has 0 radical (unpaired) electrons. The van der Waals surface area contributed by atoms with Gasteiger partial charge >= 0.3 is 0 Å². The third kappa shape index (κ3) is 2.91. The van der Waals surface area contributed by atoms with E-state index in [0.29, 0.717) is 22.6 Å². The summed E-state index contributed by atoms with van der Waals surface area (Å²) in [6.45, 7) is 3.83. The molecule has 4 rings (SSSR count). The molecule has 2 heterocycles. The fourth-order valence-electron chi connectivity index (χ4n) is 3.23. The number of carbonyl (C=O) groups excluding carboxylic acids is 3. The Kier molecular flexibility index (Phi) is 4.07. The molecule has 1 atom stereocenters. The number of hydrogen-bond donors (Lipinski definition) is 1. The zero-order valence-electron chi connectivity index (χ0n) is 14.9. The summed E-state index contributed by atoms with van der Waals surface area (Å²) in [5.74, 6) is 0.00864. The maximum Gasteiger partial charge on any atom is 0.262 e. The van der Waals surface area contributed by atoms with Crippen LogP contribution in [0.5, 0.6) is 11.5 Å². The second-order valence-corrected chi connectivity index (χ2v) is 6.61. The molecular weight excluding hydrogens is 348 g/mol. The van der Waals surface area contributed by atoms with E-state index in [2.05, 4.69) is 5.32 Å². The smallest absolute Gasteiger partial charge is 0.262 e. The zero-order chi connectivity index (χ0) is 19.1. The Balaban J connectivity index is 1.45. The molecule has 2 aromatic carbocycles. The monoisotopic (exact) mass is 366 g/mol. The standard InChI is InChI=1S/C20H18N2O5/c1-11-3-5-14-15(7-11)20(25)22(19(14)24)12(2)18(23)21-9-13-4-6-16-17(8-13)27-10-26-16/h3-8,12H,9-10H2,1-2H3,(H,21,23)/t12-/m1/s1. The Bertz CT molecular complexity index is 969. The predicted molar refractivity (Wildman–Crippen MR) is 95.6 cm³/mol. The summed E-state index contributed by atoms with van der Waals surface area (Å²) in [7, 11) is 0. The average Bonchev–Trinajstić information content (AvgIpc) is 3.22. The van der Waals surface area contributed by atoms with Crippen LogP contribution in [0.2, 0.25) is 0 Å². The number of imide groups is 1. The summed E-state index contributed by atoms with van der Waals surface area (Å²) in [5, 5.41) is 2.76. The van der Waals surface area contributed by atoms with E-state index >= 15 is 0 Å². The van der Waals surface area contributed by atoms with Gasteiger partial charge in [-0.3, -0.25) is 19.3 Å². The minimum atomic E-state index is -0.910. The van der Waals surface area contributed by atoms with E-state index in [0.717, 1.165) is 16.0 Å². The van der Waals surface area contributed by atoms with Crippen molar-refractivity contribution in [3.8, 4) is 11.5 Å². The molecule has 0 bridgehead atoms. The number of carbonyl (C=O) groups is 3. The highest BCUT2D eigenvalue weighted by Gasteiger charge is 2.40. The van der Waals surface area contributed by atoms with Gasteiger partial charge in [0.2, 0.25) is 12.7 Å². The lowest BCUT2D eigenvalue weighted by molar-refractivity contribution is -0.124. The van der Waals surface area contributed by atoms with E-state index in [1.165, 1.54) is 0 Å². The first-order valence-electron chi connectivity index (χ1n) is 8.60. The van der Waals surface area contributed by atoms with Crippen LogP contribution in [0, 0.1) is 6.92 Å². The Labute approximate surface area is 155 Å². The van der Waals surface area contributed by atoms with Crippen LogP contribution in [0.25, 0.3) is 0 Å². The molecule has 0 aliphatic carbocycles. The van der Waals surface area contributed by atoms with Crippen molar-refractivity contribution in [1.82, 2.24) is 10.2 Å². The molecule has 27 heavy (non-hydrogen) atoms. The van der Waals surface area contributed by atoms with Crippen LogP contribution >= 0.6 is 0 Å². The zero-order valence-corrected chi connectivity index (χ0v) is 14.9. The minimum Gasteiger partial charge on any atom is -0.454 e. The van der Waals surface area contributed by atoms with Crippen LogP contribution in [0.4, 0.5) is 0 Å². The van der Waals surface area contributed by atoms with Crippen molar-refractivity contribution in [2.24, 2.45) is 0 Å². The van der Waals surface area contributed by atoms with E-state index in [9.17, 15) is 14.4 Å². The van der Waals surface area contributed by atoms with Gasteiger partial charge in [0, 0.05) is 6.54 Å². The highest BCUT2D eigenvalue weighted by atomic mass is 16.7. The van der Waals surface area contributed by atoms with E-state index in [-0.39, 0.29) is 13.3 Å². The van der Waals surface area contributed by atoms with Crippen LogP contribution < -0.4 is 14.8 Å². The summed E-state index contributed by atoms with van der Waals surface area (Å²) in [6, 6.07) is 9.56. The van der Waals surface area contributed by atoms with Gasteiger partial charge in [0.15, 0.2) is 11.5 Å². The molecule has 0 unspecified atom stereocenters. The number of fused-ring (bicyclic) bond motifs is 2. The van der Waals surface area contributed by atoms with E-state index in [1.807, 2.05) is 13.0 Å². The van der Waals surface area contributed by atoms with Crippen LogP contribution in [-0.4, -0.2) is 35.5 Å². The average molecular weight is 366 g/mol. The summed E-state index contributed by atoms with van der Waals surface area (Å²) < 4.78 is 10.6. The van der Waals surface area contributed by atoms with Gasteiger partial charge in [-0.05, 0) is 43.7 Å². The second kappa shape index (κ2) is 6.42. The number of amides is 3. The topological polar surface area (TPSA) is 84.9 Å². The van der Waals surface area contributed by atoms with Gasteiger partial charge in [-0.15, -0.1) is 0 Å². The fraction of sp³-hybridized carbons (Fsp3) is 0.250. The highest BCUT2D eigenvalue weighted by Crippen LogP contribution is 2.32. The molecule has 3 amide bonds. The number of ether oxygens (including phenoxy) is 2. The third-order valence-corrected chi connectivity index (χ3v) is 4.74. The molecule has 0 saturated carbocycles. The molecule has 0 fully saturated rings. The van der Waals surface area contributed by atoms with Crippen molar-refractivity contribution in [3.63, 3.8) is 0 Å². The van der Waals surface area contributed by atoms with Crippen molar-refractivity contribution in [1.29, 1.82) is 0 Å². The number of benzene rings is 2. The normalized spacial score (nSPS) is 15.7. The van der Waals surface area contributed by atoms with E-state index in [4.69, 9.17) is 9.47 Å². The molecule has 0 spiro atoms. The molecule has 0 aromatic heterocycles. The summed E-state index contributed by atoms with van der Waals surface area (Å²) in [5.41, 5.74) is 2.39. The first-order chi connectivity index (χ1) is 13.0. The maximum absolute atomic E-state index is 12.6. The Morgan fingerprint density at radius 2 is 1.81 bits per heavy atom. The summed E-state index contributed by atoms with van der Waals surface area (Å²) >= 11 is 0. The second-order valence-electron chi connectivity index (χ2n) is 6.61. The van der Waals surface area contributed by atoms with Crippen molar-refractivity contribution in [2.45, 2.75) is 26.4 Å². The molecule has 1 N–H and O–H groups in total. The lowest BCUT2D eigenvalue weighted by atomic mass is 10.1. The highest BCUT2D eigenvalue weighted by molar-refractivity contribution is 6.22. The van der Waals surface area contributed by atoms with Crippen LogP contribution in [0.1, 0.15) is 38.8 Å². The molecule has 2 aliphatic heterocycles. The maximum atomic E-state index is 12.6. The van der Waals surface area contributed by atoms with Crippen molar-refractivity contribution in [2.75, 3.05) is 6.79 Å². The van der Waals surface area contributed by atoms with Gasteiger partial charge < -0.3 is 14.8 Å². The molecule has 2 aromatic rings. The number of rotatable bonds is 4. The van der Waals surface area contributed by atoms with Crippen LogP contribution in [0.15, 0.2) is 36.4 Å². The number of nitrogens with zero attached hydrogens (tertiary/aromatic N) is 1. The number of hydrogen-bond acceptors (Lipinski definition) is 5. The molecular formula is C20H18N2O5. The number of nitrogens with one attached hydrogen (secondary N) is 1. The first kappa shape index (κ1) is 17.1. The molecule has 0 saturated heterocycles. The number of aryl methyl sites for hydroxylation is 1. The van der Waals surface area contributed by atoms with Crippen LogP contribution in [-0.2, 0) is 11.3 Å². The molecule has 138 valence electrons. The lowest BCUT2D eigenvalue weighted by Gasteiger charge is -2.21. The Hall–Kier alpha value is -3.35. The van der Waals surface area contributed by atoms with Gasteiger partial charge in [-0.1, -0.05) is 17.7 Å².